The van der Waals surface area contributed by atoms with Crippen LogP contribution < -0.4 is 10.6 Å². The van der Waals surface area contributed by atoms with Crippen molar-refractivity contribution in [2.45, 2.75) is 13.8 Å². The highest BCUT2D eigenvalue weighted by atomic mass is 127. The lowest BCUT2D eigenvalue weighted by Gasteiger charge is -2.11. The maximum Gasteiger partial charge on any atom is 0.257 e. The molecule has 30 heavy (non-hydrogen) atoms. The second-order valence-corrected chi connectivity index (χ2v) is 8.59. The minimum absolute atomic E-state index is 0.223. The van der Waals surface area contributed by atoms with E-state index in [4.69, 9.17) is 16.6 Å². The number of nitrogens with zero attached hydrogens (tertiary/aromatic N) is 1. The number of carbonyl (C=O) groups excluding carboxylic acids is 1. The number of amides is 1. The Balaban J connectivity index is 1.49. The lowest BCUT2D eigenvalue weighted by Crippen LogP contribution is -2.34. The van der Waals surface area contributed by atoms with E-state index in [1.807, 2.05) is 68.4 Å². The molecule has 5 nitrogen and oxygen atoms in total. The molecule has 0 bridgehead atoms. The average Bonchev–Trinajstić information content (AvgIpc) is 3.11. The molecular formula is C23H18IN3O2S. The quantitative estimate of drug-likeness (QED) is 0.259. The molecule has 4 rings (SSSR count). The Hall–Kier alpha value is -2.78. The number of rotatable bonds is 3. The molecule has 0 aliphatic rings. The van der Waals surface area contributed by atoms with Gasteiger partial charge in [-0.2, -0.15) is 0 Å². The first kappa shape index (κ1) is 20.5. The van der Waals surface area contributed by atoms with Crippen LogP contribution in [0.1, 0.15) is 21.5 Å². The van der Waals surface area contributed by atoms with Crippen LogP contribution in [0.25, 0.3) is 22.6 Å². The number of anilines is 1. The molecule has 0 saturated carbocycles. The number of carbonyl (C=O) groups is 1. The standard InChI is InChI=1S/C23H18IN3O2S/c1-13-6-8-18(14(2)10-13)21(28)27-23(30)25-17-7-9-20-19(12-17)26-22(29-20)15-4-3-5-16(24)11-15/h3-12H,1-2H3,(H2,25,27,28,30). The summed E-state index contributed by atoms with van der Waals surface area (Å²) >= 11 is 7.57. The Bertz CT molecular complexity index is 1280. The van der Waals surface area contributed by atoms with Crippen LogP contribution in [0.4, 0.5) is 5.69 Å². The summed E-state index contributed by atoms with van der Waals surface area (Å²) in [6.07, 6.45) is 0. The first-order valence-corrected chi connectivity index (χ1v) is 10.7. The Morgan fingerprint density at radius 2 is 1.90 bits per heavy atom. The monoisotopic (exact) mass is 527 g/mol. The minimum Gasteiger partial charge on any atom is -0.436 e. The van der Waals surface area contributed by atoms with E-state index < -0.39 is 0 Å². The molecule has 0 aliphatic carbocycles. The number of aromatic nitrogens is 1. The Morgan fingerprint density at radius 3 is 2.67 bits per heavy atom. The van der Waals surface area contributed by atoms with E-state index in [0.717, 1.165) is 25.9 Å². The van der Waals surface area contributed by atoms with E-state index in [1.165, 1.54) is 0 Å². The highest BCUT2D eigenvalue weighted by Gasteiger charge is 2.12. The van der Waals surface area contributed by atoms with Crippen molar-refractivity contribution in [1.29, 1.82) is 0 Å². The zero-order chi connectivity index (χ0) is 21.3. The third kappa shape index (κ3) is 4.52. The summed E-state index contributed by atoms with van der Waals surface area (Å²) in [4.78, 5) is 17.1. The van der Waals surface area contributed by atoms with Gasteiger partial charge in [-0.25, -0.2) is 4.98 Å². The number of thiocarbonyl (C=S) groups is 1. The molecule has 0 aliphatic heterocycles. The number of nitrogens with one attached hydrogen (secondary N) is 2. The van der Waals surface area contributed by atoms with Crippen LogP contribution in [-0.4, -0.2) is 16.0 Å². The van der Waals surface area contributed by atoms with Crippen molar-refractivity contribution in [2.24, 2.45) is 0 Å². The van der Waals surface area contributed by atoms with Crippen molar-refractivity contribution < 1.29 is 9.21 Å². The minimum atomic E-state index is -0.242. The number of hydrogen-bond donors (Lipinski definition) is 2. The normalized spacial score (nSPS) is 10.8. The molecular weight excluding hydrogens is 509 g/mol. The van der Waals surface area contributed by atoms with E-state index >= 15 is 0 Å². The summed E-state index contributed by atoms with van der Waals surface area (Å²) < 4.78 is 6.98. The molecule has 7 heteroatoms. The van der Waals surface area contributed by atoms with Crippen LogP contribution in [0, 0.1) is 17.4 Å². The van der Waals surface area contributed by atoms with Crippen molar-refractivity contribution in [1.82, 2.24) is 10.3 Å². The summed E-state index contributed by atoms with van der Waals surface area (Å²) in [7, 11) is 0. The van der Waals surface area contributed by atoms with Gasteiger partial charge in [0.25, 0.3) is 5.91 Å². The van der Waals surface area contributed by atoms with E-state index in [1.54, 1.807) is 6.07 Å². The second kappa shape index (κ2) is 8.53. The smallest absolute Gasteiger partial charge is 0.257 e. The summed E-state index contributed by atoms with van der Waals surface area (Å²) in [6, 6.07) is 19.1. The van der Waals surface area contributed by atoms with Crippen LogP contribution in [0.2, 0.25) is 0 Å². The van der Waals surface area contributed by atoms with Crippen LogP contribution >= 0.6 is 34.8 Å². The van der Waals surface area contributed by atoms with E-state index in [2.05, 4.69) is 38.2 Å². The van der Waals surface area contributed by atoms with Crippen LogP contribution in [-0.2, 0) is 0 Å². The topological polar surface area (TPSA) is 67.2 Å². The summed E-state index contributed by atoms with van der Waals surface area (Å²) in [5.74, 6) is 0.319. The van der Waals surface area contributed by atoms with Gasteiger partial charge in [0.1, 0.15) is 5.52 Å². The van der Waals surface area contributed by atoms with Gasteiger partial charge in [-0.1, -0.05) is 23.8 Å². The Kier molecular flexibility index (Phi) is 5.83. The fraction of sp³-hybridized carbons (Fsp3) is 0.0870. The van der Waals surface area contributed by atoms with Crippen LogP contribution in [0.3, 0.4) is 0 Å². The lowest BCUT2D eigenvalue weighted by atomic mass is 10.1. The SMILES string of the molecule is Cc1ccc(C(=O)NC(=S)Nc2ccc3oc(-c4cccc(I)c4)nc3c2)c(C)c1. The zero-order valence-corrected chi connectivity index (χ0v) is 19.3. The third-order valence-electron chi connectivity index (χ3n) is 4.57. The molecule has 3 aromatic carbocycles. The molecule has 0 radical (unpaired) electrons. The van der Waals surface area contributed by atoms with Crippen molar-refractivity contribution in [3.63, 3.8) is 0 Å². The van der Waals surface area contributed by atoms with Gasteiger partial charge in [0.2, 0.25) is 5.89 Å². The predicted molar refractivity (Wildman–Crippen MR) is 132 cm³/mol. The second-order valence-electron chi connectivity index (χ2n) is 6.94. The summed E-state index contributed by atoms with van der Waals surface area (Å²) in [5.41, 5.74) is 5.63. The van der Waals surface area contributed by atoms with Gasteiger partial charge in [-0.15, -0.1) is 0 Å². The predicted octanol–water partition coefficient (Wildman–Crippen LogP) is 5.84. The number of oxazole rings is 1. The molecule has 4 aromatic rings. The molecule has 0 spiro atoms. The molecule has 150 valence electrons. The average molecular weight is 527 g/mol. The molecule has 0 fully saturated rings. The number of hydrogen-bond acceptors (Lipinski definition) is 4. The van der Waals surface area contributed by atoms with Gasteiger partial charge in [-0.3, -0.25) is 10.1 Å². The number of benzene rings is 3. The number of fused-ring (bicyclic) bond motifs is 1. The van der Waals surface area contributed by atoms with Gasteiger partial charge in [0.05, 0.1) is 0 Å². The highest BCUT2D eigenvalue weighted by molar-refractivity contribution is 14.1. The number of halogens is 1. The molecule has 1 amide bonds. The van der Waals surface area contributed by atoms with Gasteiger partial charge >= 0.3 is 0 Å². The fourth-order valence-corrected chi connectivity index (χ4v) is 3.90. The van der Waals surface area contributed by atoms with E-state index in [-0.39, 0.29) is 11.0 Å². The van der Waals surface area contributed by atoms with Crippen molar-refractivity contribution in [3.05, 3.63) is 80.9 Å². The first-order chi connectivity index (χ1) is 14.4. The zero-order valence-electron chi connectivity index (χ0n) is 16.3. The van der Waals surface area contributed by atoms with Gasteiger partial charge < -0.3 is 9.73 Å². The Labute approximate surface area is 193 Å². The molecule has 0 saturated heterocycles. The number of aryl methyl sites for hydroxylation is 2. The van der Waals surface area contributed by atoms with Gasteiger partial charge in [0.15, 0.2) is 10.7 Å². The highest BCUT2D eigenvalue weighted by Crippen LogP contribution is 2.27. The first-order valence-electron chi connectivity index (χ1n) is 9.25. The van der Waals surface area contributed by atoms with Crippen molar-refractivity contribution in [3.8, 4) is 11.5 Å². The molecule has 1 heterocycles. The maximum atomic E-state index is 12.5. The fourth-order valence-electron chi connectivity index (χ4n) is 3.15. The van der Waals surface area contributed by atoms with Crippen LogP contribution in [0.15, 0.2) is 65.1 Å². The van der Waals surface area contributed by atoms with E-state index in [0.29, 0.717) is 22.6 Å². The maximum absolute atomic E-state index is 12.5. The Morgan fingerprint density at radius 1 is 1.07 bits per heavy atom. The molecule has 1 aromatic heterocycles. The largest absolute Gasteiger partial charge is 0.436 e. The van der Waals surface area contributed by atoms with Gasteiger partial charge in [-0.05, 0) is 96.7 Å². The van der Waals surface area contributed by atoms with Crippen LogP contribution in [0.5, 0.6) is 0 Å². The van der Waals surface area contributed by atoms with Crippen molar-refractivity contribution in [2.75, 3.05) is 5.32 Å². The molecule has 0 atom stereocenters. The van der Waals surface area contributed by atoms with E-state index in [9.17, 15) is 4.79 Å². The van der Waals surface area contributed by atoms with Gasteiger partial charge in [0, 0.05) is 20.4 Å². The third-order valence-corrected chi connectivity index (χ3v) is 5.45. The van der Waals surface area contributed by atoms with Crippen molar-refractivity contribution >= 4 is 62.6 Å². The molecule has 2 N–H and O–H groups in total. The summed E-state index contributed by atoms with van der Waals surface area (Å²) in [6.45, 7) is 3.90. The molecule has 0 unspecified atom stereocenters. The summed E-state index contributed by atoms with van der Waals surface area (Å²) in [5, 5.41) is 5.99. The lowest BCUT2D eigenvalue weighted by molar-refractivity contribution is 0.0977.